The van der Waals surface area contributed by atoms with Crippen molar-refractivity contribution in [2.45, 2.75) is 50.1 Å². The highest BCUT2D eigenvalue weighted by atomic mass is 19.1. The first-order valence-corrected chi connectivity index (χ1v) is 11.2. The molecule has 5 rings (SSSR count). The number of rotatable bonds is 5. The maximum atomic E-state index is 13.3. The molecule has 0 spiro atoms. The van der Waals surface area contributed by atoms with E-state index in [0.29, 0.717) is 44.5 Å². The van der Waals surface area contributed by atoms with Crippen LogP contribution in [-0.2, 0) is 20.9 Å². The number of carbonyl (C=O) groups is 3. The summed E-state index contributed by atoms with van der Waals surface area (Å²) in [7, 11) is 0. The fraction of sp³-hybridized carbons (Fsp3) is 0.417. The monoisotopic (exact) mass is 452 g/mol. The van der Waals surface area contributed by atoms with Crippen LogP contribution in [0.2, 0.25) is 0 Å². The van der Waals surface area contributed by atoms with E-state index in [1.807, 2.05) is 0 Å². The zero-order chi connectivity index (χ0) is 22.9. The number of hydrogen-bond acceptors (Lipinski definition) is 5. The van der Waals surface area contributed by atoms with Gasteiger partial charge in [0.05, 0.1) is 12.7 Å². The smallest absolute Gasteiger partial charge is 0.251 e. The van der Waals surface area contributed by atoms with Crippen molar-refractivity contribution in [3.63, 3.8) is 0 Å². The standard InChI is InChI=1S/C24H25FN4O4/c25-17-3-1-15(2-4-17)14-33-19-12-21-23(31)28-10-7-18(11-20(28)24(32)29(21)13-19)27-22(30)16-5-8-26-9-6-16/h1-6,8-9,18-21H,7,10-14H2,(H,27,30). The number of aromatic nitrogens is 1. The zero-order valence-corrected chi connectivity index (χ0v) is 18.0. The molecule has 172 valence electrons. The van der Waals surface area contributed by atoms with Crippen LogP contribution in [0, 0.1) is 5.82 Å². The molecule has 3 saturated heterocycles. The summed E-state index contributed by atoms with van der Waals surface area (Å²) >= 11 is 0. The van der Waals surface area contributed by atoms with Gasteiger partial charge in [0.15, 0.2) is 0 Å². The fourth-order valence-electron chi connectivity index (χ4n) is 4.94. The summed E-state index contributed by atoms with van der Waals surface area (Å²) in [5.74, 6) is -0.652. The second-order valence-corrected chi connectivity index (χ2v) is 8.78. The van der Waals surface area contributed by atoms with Crippen molar-refractivity contribution in [1.82, 2.24) is 20.1 Å². The Bertz CT molecular complexity index is 1050. The van der Waals surface area contributed by atoms with Crippen LogP contribution in [0.5, 0.6) is 0 Å². The summed E-state index contributed by atoms with van der Waals surface area (Å²) in [6, 6.07) is 8.10. The van der Waals surface area contributed by atoms with Crippen LogP contribution >= 0.6 is 0 Å². The number of amides is 3. The van der Waals surface area contributed by atoms with Gasteiger partial charge in [0.25, 0.3) is 5.91 Å². The topological polar surface area (TPSA) is 91.8 Å². The average molecular weight is 452 g/mol. The van der Waals surface area contributed by atoms with E-state index >= 15 is 0 Å². The number of pyridine rings is 1. The number of piperazine rings is 1. The molecule has 8 nitrogen and oxygen atoms in total. The quantitative estimate of drug-likeness (QED) is 0.743. The zero-order valence-electron chi connectivity index (χ0n) is 18.0. The van der Waals surface area contributed by atoms with Crippen molar-refractivity contribution in [1.29, 1.82) is 0 Å². The minimum absolute atomic E-state index is 0.0496. The highest BCUT2D eigenvalue weighted by molar-refractivity contribution is 5.98. The number of halogens is 1. The lowest BCUT2D eigenvalue weighted by Crippen LogP contribution is -2.66. The van der Waals surface area contributed by atoms with Crippen LogP contribution in [0.1, 0.15) is 35.2 Å². The van der Waals surface area contributed by atoms with E-state index in [-0.39, 0.29) is 35.7 Å². The number of piperidine rings is 1. The number of ether oxygens (including phenoxy) is 1. The van der Waals surface area contributed by atoms with E-state index in [4.69, 9.17) is 4.74 Å². The molecule has 0 radical (unpaired) electrons. The molecule has 33 heavy (non-hydrogen) atoms. The van der Waals surface area contributed by atoms with E-state index in [0.717, 1.165) is 5.56 Å². The molecule has 1 aromatic carbocycles. The van der Waals surface area contributed by atoms with Crippen molar-refractivity contribution >= 4 is 17.7 Å². The summed E-state index contributed by atoms with van der Waals surface area (Å²) in [5.41, 5.74) is 1.35. The molecule has 4 atom stereocenters. The largest absolute Gasteiger partial charge is 0.372 e. The van der Waals surface area contributed by atoms with Gasteiger partial charge in [-0.3, -0.25) is 19.4 Å². The van der Waals surface area contributed by atoms with Gasteiger partial charge in [0, 0.05) is 43.5 Å². The Balaban J connectivity index is 1.21. The van der Waals surface area contributed by atoms with Gasteiger partial charge >= 0.3 is 0 Å². The molecular formula is C24H25FN4O4. The first-order chi connectivity index (χ1) is 16.0. The lowest BCUT2D eigenvalue weighted by molar-refractivity contribution is -0.161. The molecule has 3 amide bonds. The Morgan fingerprint density at radius 2 is 1.73 bits per heavy atom. The Hall–Kier alpha value is -3.33. The number of hydrogen-bond donors (Lipinski definition) is 1. The molecule has 3 fully saturated rings. The molecule has 1 aromatic heterocycles. The van der Waals surface area contributed by atoms with Crippen molar-refractivity contribution in [2.24, 2.45) is 0 Å². The van der Waals surface area contributed by atoms with Crippen LogP contribution in [0.3, 0.4) is 0 Å². The van der Waals surface area contributed by atoms with Gasteiger partial charge in [0.1, 0.15) is 17.9 Å². The molecule has 3 aliphatic heterocycles. The second kappa shape index (κ2) is 8.90. The van der Waals surface area contributed by atoms with Gasteiger partial charge in [0.2, 0.25) is 11.8 Å². The van der Waals surface area contributed by atoms with E-state index in [2.05, 4.69) is 10.3 Å². The predicted octanol–water partition coefficient (Wildman–Crippen LogP) is 1.51. The van der Waals surface area contributed by atoms with Gasteiger partial charge in [-0.1, -0.05) is 12.1 Å². The third-order valence-corrected chi connectivity index (χ3v) is 6.68. The number of carbonyl (C=O) groups excluding carboxylic acids is 3. The Morgan fingerprint density at radius 1 is 1.03 bits per heavy atom. The predicted molar refractivity (Wildman–Crippen MR) is 115 cm³/mol. The highest BCUT2D eigenvalue weighted by Gasteiger charge is 2.52. The van der Waals surface area contributed by atoms with E-state index < -0.39 is 12.1 Å². The van der Waals surface area contributed by atoms with Crippen LogP contribution in [0.25, 0.3) is 0 Å². The van der Waals surface area contributed by atoms with E-state index in [1.165, 1.54) is 12.1 Å². The summed E-state index contributed by atoms with van der Waals surface area (Å²) in [6.45, 7) is 1.08. The van der Waals surface area contributed by atoms with E-state index in [9.17, 15) is 18.8 Å². The fourth-order valence-corrected chi connectivity index (χ4v) is 4.94. The molecule has 0 aliphatic carbocycles. The average Bonchev–Trinajstić information content (AvgIpc) is 3.28. The first kappa shape index (κ1) is 21.5. The third kappa shape index (κ3) is 4.32. The van der Waals surface area contributed by atoms with E-state index in [1.54, 1.807) is 46.5 Å². The molecule has 0 bridgehead atoms. The molecule has 4 heterocycles. The minimum atomic E-state index is -0.568. The molecule has 2 aromatic rings. The molecule has 1 N–H and O–H groups in total. The van der Waals surface area contributed by atoms with Crippen molar-refractivity contribution < 1.29 is 23.5 Å². The van der Waals surface area contributed by atoms with Crippen molar-refractivity contribution in [2.75, 3.05) is 13.1 Å². The van der Waals surface area contributed by atoms with Gasteiger partial charge in [-0.15, -0.1) is 0 Å². The molecular weight excluding hydrogens is 427 g/mol. The first-order valence-electron chi connectivity index (χ1n) is 11.2. The number of nitrogens with zero attached hydrogens (tertiary/aromatic N) is 3. The molecule has 3 aliphatic rings. The minimum Gasteiger partial charge on any atom is -0.372 e. The number of fused-ring (bicyclic) bond motifs is 2. The van der Waals surface area contributed by atoms with Gasteiger partial charge in [-0.25, -0.2) is 4.39 Å². The number of benzene rings is 1. The summed E-state index contributed by atoms with van der Waals surface area (Å²) in [6.07, 6.45) is 4.31. The van der Waals surface area contributed by atoms with Crippen LogP contribution < -0.4 is 5.32 Å². The maximum absolute atomic E-state index is 13.3. The summed E-state index contributed by atoms with van der Waals surface area (Å²) < 4.78 is 19.0. The normalized spacial score (nSPS) is 26.7. The van der Waals surface area contributed by atoms with Gasteiger partial charge < -0.3 is 19.9 Å². The third-order valence-electron chi connectivity index (χ3n) is 6.68. The molecule has 0 saturated carbocycles. The van der Waals surface area contributed by atoms with Gasteiger partial charge in [-0.05, 0) is 42.7 Å². The van der Waals surface area contributed by atoms with Crippen LogP contribution in [0.15, 0.2) is 48.8 Å². The molecule has 4 unspecified atom stereocenters. The van der Waals surface area contributed by atoms with Crippen molar-refractivity contribution in [3.05, 3.63) is 65.7 Å². The van der Waals surface area contributed by atoms with Crippen molar-refractivity contribution in [3.8, 4) is 0 Å². The number of nitrogens with one attached hydrogen (secondary N) is 1. The van der Waals surface area contributed by atoms with Crippen LogP contribution in [-0.4, -0.2) is 69.8 Å². The van der Waals surface area contributed by atoms with Gasteiger partial charge in [-0.2, -0.15) is 0 Å². The SMILES string of the molecule is O=C(NC1CCN2C(=O)C3CC(OCc4ccc(F)cc4)CN3C(=O)C2C1)c1ccncc1. The Labute approximate surface area is 190 Å². The Morgan fingerprint density at radius 3 is 2.48 bits per heavy atom. The summed E-state index contributed by atoms with van der Waals surface area (Å²) in [5, 5.41) is 2.99. The molecule has 9 heteroatoms. The van der Waals surface area contributed by atoms with Crippen LogP contribution in [0.4, 0.5) is 4.39 Å². The second-order valence-electron chi connectivity index (χ2n) is 8.78. The maximum Gasteiger partial charge on any atom is 0.251 e. The lowest BCUT2D eigenvalue weighted by Gasteiger charge is -2.46. The Kier molecular flexibility index (Phi) is 5.80. The highest BCUT2D eigenvalue weighted by Crippen LogP contribution is 2.33. The summed E-state index contributed by atoms with van der Waals surface area (Å²) in [4.78, 5) is 46.1. The lowest BCUT2D eigenvalue weighted by atomic mass is 9.92.